The van der Waals surface area contributed by atoms with Gasteiger partial charge in [-0.2, -0.15) is 0 Å². The van der Waals surface area contributed by atoms with Crippen molar-refractivity contribution in [2.45, 2.75) is 71.9 Å². The van der Waals surface area contributed by atoms with Crippen molar-refractivity contribution in [3.8, 4) is 17.2 Å². The normalized spacial score (nSPS) is 10.0. The minimum absolute atomic E-state index is 0. The molecule has 0 atom stereocenters. The number of methoxy groups -OCH3 is 3. The summed E-state index contributed by atoms with van der Waals surface area (Å²) in [5.41, 5.74) is 19.3. The van der Waals surface area contributed by atoms with E-state index in [4.69, 9.17) is 36.2 Å². The SMILES string of the molecule is C.C.CCSc1ncc(C(=O)N(C)OC)c(N)n1.CCSc1ncc(C(=O)c2c(OC)ccc(F)c2C)c(N)n1.CCSc1ncc(C(=O)c2cc(F)c(C)cc2OC)c(N)n1.COc1ccc(F)c(C)c1. The average Bonchev–Trinajstić information content (AvgIpc) is 3.34. The Balaban J connectivity index is 0.000000492. The summed E-state index contributed by atoms with van der Waals surface area (Å²) < 4.78 is 55.3. The van der Waals surface area contributed by atoms with E-state index in [1.54, 1.807) is 33.1 Å². The van der Waals surface area contributed by atoms with Crippen molar-refractivity contribution in [3.05, 3.63) is 123 Å². The molecule has 0 aliphatic rings. The minimum atomic E-state index is -0.484. The molecule has 0 bridgehead atoms. The monoisotopic (exact) mass is 1060 g/mol. The van der Waals surface area contributed by atoms with Crippen LogP contribution in [0.25, 0.3) is 0 Å². The Morgan fingerprint density at radius 2 is 1.01 bits per heavy atom. The number of nitrogens with zero attached hydrogens (tertiary/aromatic N) is 7. The van der Waals surface area contributed by atoms with Gasteiger partial charge in [-0.15, -0.1) is 0 Å². The van der Waals surface area contributed by atoms with E-state index in [2.05, 4.69) is 29.9 Å². The highest BCUT2D eigenvalue weighted by molar-refractivity contribution is 7.99. The van der Waals surface area contributed by atoms with Crippen LogP contribution < -0.4 is 31.4 Å². The molecule has 3 aromatic heterocycles. The number of hydrogen-bond donors (Lipinski definition) is 3. The summed E-state index contributed by atoms with van der Waals surface area (Å²) in [4.78, 5) is 66.1. The van der Waals surface area contributed by atoms with Gasteiger partial charge in [0, 0.05) is 25.6 Å². The first-order valence-electron chi connectivity index (χ1n) is 21.0. The Morgan fingerprint density at radius 3 is 1.43 bits per heavy atom. The molecule has 0 radical (unpaired) electrons. The molecule has 0 unspecified atom stereocenters. The molecule has 0 saturated heterocycles. The number of aromatic nitrogens is 6. The highest BCUT2D eigenvalue weighted by Gasteiger charge is 2.24. The van der Waals surface area contributed by atoms with Crippen molar-refractivity contribution in [2.24, 2.45) is 0 Å². The summed E-state index contributed by atoms with van der Waals surface area (Å²) in [6.07, 6.45) is 4.14. The van der Waals surface area contributed by atoms with E-state index < -0.39 is 23.2 Å². The first-order valence-corrected chi connectivity index (χ1v) is 23.9. The number of hydrogen-bond acceptors (Lipinski definition) is 19. The van der Waals surface area contributed by atoms with Gasteiger partial charge in [-0.1, -0.05) is 70.9 Å². The van der Waals surface area contributed by atoms with Gasteiger partial charge in [-0.25, -0.2) is 48.1 Å². The molecule has 0 spiro atoms. The van der Waals surface area contributed by atoms with E-state index in [1.165, 1.54) is 113 Å². The molecule has 17 nitrogen and oxygen atoms in total. The third-order valence-corrected chi connectivity index (χ3v) is 11.6. The van der Waals surface area contributed by atoms with E-state index in [1.807, 2.05) is 20.8 Å². The van der Waals surface area contributed by atoms with Crippen LogP contribution in [0.15, 0.2) is 76.5 Å². The molecule has 72 heavy (non-hydrogen) atoms. The van der Waals surface area contributed by atoms with Crippen molar-refractivity contribution >= 4 is 70.2 Å². The topological polar surface area (TPSA) is 247 Å². The van der Waals surface area contributed by atoms with Crippen LogP contribution in [-0.4, -0.2) is 105 Å². The van der Waals surface area contributed by atoms with E-state index in [9.17, 15) is 27.6 Å². The molecule has 6 aromatic rings. The molecule has 0 fully saturated rings. The largest absolute Gasteiger partial charge is 0.497 e. The second kappa shape index (κ2) is 30.9. The fraction of sp³-hybridized carbons (Fsp3) is 0.327. The standard InChI is InChI=1S/2C15H16FN3O2S.C9H14N4O2S.C8H9FO.2CH4/c1-4-22-15-18-7-10(14(17)19-15)13(20)9-6-11(16)8(2)5-12(9)21-3;1-4-22-15-18-7-9(14(17)19-15)13(20)12-8(2)10(16)5-6-11(12)21-3;1-4-16-9-11-5-6(7(10)12-9)8(14)13(2)15-3;1-6-5-7(10-2)3-4-8(6)9;;/h2*5-7H,4H2,1-3H3,(H2,17,18,19);5H,4H2,1-3H3,(H2,10,11,12);3-5H,1-2H3;2*1H4. The molecular weight excluding hydrogens is 994 g/mol. The number of aryl methyl sites for hydroxylation is 2. The number of ketones is 2. The summed E-state index contributed by atoms with van der Waals surface area (Å²) in [6, 6.07) is 9.94. The third kappa shape index (κ3) is 17.3. The van der Waals surface area contributed by atoms with Gasteiger partial charge in [-0.3, -0.25) is 19.2 Å². The van der Waals surface area contributed by atoms with Gasteiger partial charge in [0.2, 0.25) is 11.6 Å². The number of nitrogen functional groups attached to an aromatic ring is 3. The van der Waals surface area contributed by atoms with Crippen molar-refractivity contribution in [1.29, 1.82) is 0 Å². The van der Waals surface area contributed by atoms with Crippen molar-refractivity contribution in [1.82, 2.24) is 35.0 Å². The Morgan fingerprint density at radius 1 is 0.569 bits per heavy atom. The smallest absolute Gasteiger partial charge is 0.282 e. The number of halogens is 3. The summed E-state index contributed by atoms with van der Waals surface area (Å²) >= 11 is 4.31. The number of nitrogens with two attached hydrogens (primary N) is 3. The lowest BCUT2D eigenvalue weighted by atomic mass is 9.99. The lowest BCUT2D eigenvalue weighted by Crippen LogP contribution is -2.26. The Labute approximate surface area is 432 Å². The number of carbonyl (C=O) groups excluding carboxylic acids is 3. The summed E-state index contributed by atoms with van der Waals surface area (Å²) in [5.74, 6) is 1.56. The second-order valence-electron chi connectivity index (χ2n) is 14.0. The first kappa shape index (κ1) is 63.3. The maximum absolute atomic E-state index is 13.8. The zero-order valence-electron chi connectivity index (χ0n) is 40.5. The fourth-order valence-electron chi connectivity index (χ4n) is 5.64. The quantitative estimate of drug-likeness (QED) is 0.0374. The van der Waals surface area contributed by atoms with Gasteiger partial charge in [0.15, 0.2) is 15.5 Å². The number of carbonyl (C=O) groups is 3. The van der Waals surface area contributed by atoms with Gasteiger partial charge >= 0.3 is 0 Å². The summed E-state index contributed by atoms with van der Waals surface area (Å²) in [7, 11) is 7.30. The maximum atomic E-state index is 13.8. The van der Waals surface area contributed by atoms with Gasteiger partial charge in [0.05, 0.1) is 50.7 Å². The lowest BCUT2D eigenvalue weighted by molar-refractivity contribution is -0.0756. The summed E-state index contributed by atoms with van der Waals surface area (Å²) in [5, 5.41) is 2.64. The number of benzene rings is 3. The van der Waals surface area contributed by atoms with Crippen molar-refractivity contribution < 1.29 is 46.6 Å². The predicted octanol–water partition coefficient (Wildman–Crippen LogP) is 9.93. The van der Waals surface area contributed by atoms with Crippen LogP contribution in [0.5, 0.6) is 17.2 Å². The Kier molecular flexibility index (Phi) is 27.2. The zero-order valence-corrected chi connectivity index (χ0v) is 42.9. The molecule has 0 saturated carbocycles. The van der Waals surface area contributed by atoms with E-state index in [0.29, 0.717) is 32.3 Å². The zero-order chi connectivity index (χ0) is 52.2. The lowest BCUT2D eigenvalue weighted by Gasteiger charge is -2.14. The number of ether oxygens (including phenoxy) is 3. The van der Waals surface area contributed by atoms with Crippen molar-refractivity contribution in [2.75, 3.05) is 69.9 Å². The van der Waals surface area contributed by atoms with Crippen LogP contribution in [0.3, 0.4) is 0 Å². The molecule has 6 N–H and O–H groups in total. The molecule has 3 aromatic carbocycles. The average molecular weight is 1060 g/mol. The van der Waals surface area contributed by atoms with Gasteiger partial charge < -0.3 is 31.4 Å². The molecule has 0 aliphatic carbocycles. The number of thioether (sulfide) groups is 3. The van der Waals surface area contributed by atoms with Crippen LogP contribution in [0.4, 0.5) is 30.6 Å². The van der Waals surface area contributed by atoms with E-state index >= 15 is 0 Å². The van der Waals surface area contributed by atoms with E-state index in [-0.39, 0.29) is 88.9 Å². The highest BCUT2D eigenvalue weighted by Crippen LogP contribution is 2.30. The van der Waals surface area contributed by atoms with Crippen LogP contribution in [-0.2, 0) is 4.84 Å². The Bertz CT molecular complexity index is 2780. The van der Waals surface area contributed by atoms with Crippen LogP contribution in [0.2, 0.25) is 0 Å². The van der Waals surface area contributed by atoms with Gasteiger partial charge in [0.25, 0.3) is 5.91 Å². The molecule has 6 rings (SSSR count). The van der Waals surface area contributed by atoms with E-state index in [0.717, 1.165) is 28.4 Å². The maximum Gasteiger partial charge on any atom is 0.282 e. The van der Waals surface area contributed by atoms with Crippen LogP contribution in [0.1, 0.15) is 94.5 Å². The van der Waals surface area contributed by atoms with Gasteiger partial charge in [-0.05, 0) is 97.2 Å². The predicted molar refractivity (Wildman–Crippen MR) is 281 cm³/mol. The number of anilines is 3. The molecule has 390 valence electrons. The third-order valence-electron chi connectivity index (χ3n) is 9.39. The van der Waals surface area contributed by atoms with Gasteiger partial charge in [0.1, 0.15) is 57.7 Å². The number of rotatable bonds is 15. The van der Waals surface area contributed by atoms with Crippen LogP contribution in [0, 0.1) is 38.2 Å². The molecule has 23 heteroatoms. The number of amides is 1. The van der Waals surface area contributed by atoms with Crippen LogP contribution >= 0.6 is 35.3 Å². The Hall–Kier alpha value is -6.69. The molecule has 3 heterocycles. The second-order valence-corrected chi connectivity index (χ2v) is 17.7. The first-order chi connectivity index (χ1) is 33.3. The highest BCUT2D eigenvalue weighted by atomic mass is 32.2. The fourth-order valence-corrected chi connectivity index (χ4v) is 7.28. The van der Waals surface area contributed by atoms with Crippen molar-refractivity contribution in [3.63, 3.8) is 0 Å². The number of hydroxylamine groups is 2. The minimum Gasteiger partial charge on any atom is -0.497 e. The molecular formula is C49H63F3N10O7S3. The molecule has 1 amide bonds. The molecule has 0 aliphatic heterocycles. The summed E-state index contributed by atoms with van der Waals surface area (Å²) in [6.45, 7) is 10.7.